The molecule has 9 nitrogen and oxygen atoms in total. The van der Waals surface area contributed by atoms with Gasteiger partial charge in [0.1, 0.15) is 23.2 Å². The topological polar surface area (TPSA) is 105 Å². The van der Waals surface area contributed by atoms with E-state index in [2.05, 4.69) is 4.98 Å². The number of carboxylic acid groups (broad SMARTS) is 1. The van der Waals surface area contributed by atoms with Crippen LogP contribution in [0.25, 0.3) is 5.69 Å². The number of benzene rings is 3. The Hall–Kier alpha value is -3.56. The number of carbonyl (C=O) groups excluding carboxylic acids is 1. The minimum atomic E-state index is -4.63. The smallest absolute Gasteiger partial charge is 0.243 e. The fourth-order valence-corrected chi connectivity index (χ4v) is 8.24. The van der Waals surface area contributed by atoms with E-state index < -0.39 is 55.4 Å². The highest BCUT2D eigenvalue weighted by Gasteiger charge is 2.33. The molecule has 15 heteroatoms. The number of sulfonamides is 1. The third kappa shape index (κ3) is 8.65. The van der Waals surface area contributed by atoms with Gasteiger partial charge in [0, 0.05) is 35.4 Å². The lowest BCUT2D eigenvalue weighted by Crippen LogP contribution is -2.50. The number of quaternary nitrogens is 1. The third-order valence-corrected chi connectivity index (χ3v) is 11.6. The molecular formula is C35H40ClF3N4O5S2. The number of methoxy groups -OCH3 is 1. The highest BCUT2D eigenvalue weighted by Crippen LogP contribution is 2.39. The third-order valence-electron chi connectivity index (χ3n) is 8.37. The maximum atomic E-state index is 15.6. The number of halogens is 4. The molecule has 0 N–H and O–H groups in total. The van der Waals surface area contributed by atoms with Crippen molar-refractivity contribution in [2.75, 3.05) is 41.3 Å². The molecule has 4 rings (SSSR count). The first-order chi connectivity index (χ1) is 23.3. The van der Waals surface area contributed by atoms with E-state index in [1.165, 1.54) is 19.2 Å². The van der Waals surface area contributed by atoms with Gasteiger partial charge in [-0.15, -0.1) is 0 Å². The van der Waals surface area contributed by atoms with E-state index in [0.29, 0.717) is 61.2 Å². The molecular weight excluding hydrogens is 713 g/mol. The van der Waals surface area contributed by atoms with Crippen molar-refractivity contribution in [2.45, 2.75) is 54.5 Å². The Kier molecular flexibility index (Phi) is 12.0. The van der Waals surface area contributed by atoms with Gasteiger partial charge in [0.2, 0.25) is 10.0 Å². The zero-order valence-corrected chi connectivity index (χ0v) is 31.2. The highest BCUT2D eigenvalue weighted by molar-refractivity contribution is 7.98. The molecule has 270 valence electrons. The molecule has 0 aliphatic carbocycles. The molecule has 3 aromatic carbocycles. The lowest BCUT2D eigenvalue weighted by atomic mass is 9.81. The molecule has 0 radical (unpaired) electrons. The summed E-state index contributed by atoms with van der Waals surface area (Å²) in [6.07, 6.45) is 1.92. The molecule has 0 bridgehead atoms. The molecule has 1 heterocycles. The van der Waals surface area contributed by atoms with Crippen molar-refractivity contribution < 1.29 is 40.7 Å². The van der Waals surface area contributed by atoms with E-state index in [4.69, 9.17) is 16.3 Å². The standard InChI is InChI=1S/C35H40ClF3N4O5S2/c1-22(33(44)45)41(15-8-16-43(4,5)6)50(46,47)26-18-29(38)27(30(39)19-26)21-49-34-40-20-32(42(34)25-12-10-24(37)11-13-25)35(2,3)23-9-14-28(36)31(17-23)48-7/h9-14,17-20,22H,8,15-16,21H2,1-7H3/t22-/m1/s1. The van der Waals surface area contributed by atoms with Crippen molar-refractivity contribution in [3.05, 3.63) is 100 Å². The number of aromatic nitrogens is 2. The Morgan fingerprint density at radius 2 is 1.70 bits per heavy atom. The van der Waals surface area contributed by atoms with Gasteiger partial charge in [-0.05, 0) is 61.0 Å². The molecule has 0 aliphatic heterocycles. The predicted molar refractivity (Wildman–Crippen MR) is 185 cm³/mol. The van der Waals surface area contributed by atoms with Crippen LogP contribution in [0.1, 0.15) is 44.0 Å². The van der Waals surface area contributed by atoms with Crippen molar-refractivity contribution in [3.63, 3.8) is 0 Å². The summed E-state index contributed by atoms with van der Waals surface area (Å²) in [5.41, 5.74) is 0.920. The number of hydrogen-bond donors (Lipinski definition) is 0. The fraction of sp³-hybridized carbons (Fsp3) is 0.371. The number of ether oxygens (including phenoxy) is 1. The van der Waals surface area contributed by atoms with Crippen molar-refractivity contribution in [3.8, 4) is 11.4 Å². The summed E-state index contributed by atoms with van der Waals surface area (Å²) < 4.78 is 80.6. The van der Waals surface area contributed by atoms with Crippen LogP contribution in [0.15, 0.2) is 70.8 Å². The summed E-state index contributed by atoms with van der Waals surface area (Å²) >= 11 is 7.27. The number of imidazole rings is 1. The number of thioether (sulfide) groups is 1. The second-order valence-electron chi connectivity index (χ2n) is 13.3. The molecule has 0 unspecified atom stereocenters. The van der Waals surface area contributed by atoms with E-state index in [1.807, 2.05) is 41.1 Å². The van der Waals surface area contributed by atoms with Gasteiger partial charge in [0.05, 0.1) is 68.6 Å². The van der Waals surface area contributed by atoms with Crippen LogP contribution in [0.2, 0.25) is 5.02 Å². The first kappa shape index (κ1) is 39.2. The second-order valence-corrected chi connectivity index (χ2v) is 16.6. The summed E-state index contributed by atoms with van der Waals surface area (Å²) in [6, 6.07) is 10.9. The minimum absolute atomic E-state index is 0.193. The average Bonchev–Trinajstić information content (AvgIpc) is 3.47. The Bertz CT molecular complexity index is 1940. The lowest BCUT2D eigenvalue weighted by Gasteiger charge is -2.31. The summed E-state index contributed by atoms with van der Waals surface area (Å²) in [5.74, 6) is -4.16. The van der Waals surface area contributed by atoms with Gasteiger partial charge in [-0.1, -0.05) is 43.3 Å². The van der Waals surface area contributed by atoms with E-state index in [0.717, 1.165) is 24.2 Å². The number of carboxylic acids is 1. The Labute approximate surface area is 300 Å². The quantitative estimate of drug-likeness (QED) is 0.112. The van der Waals surface area contributed by atoms with Gasteiger partial charge in [-0.2, -0.15) is 4.31 Å². The van der Waals surface area contributed by atoms with Gasteiger partial charge in [-0.25, -0.2) is 26.6 Å². The minimum Gasteiger partial charge on any atom is -0.548 e. The average molecular weight is 753 g/mol. The predicted octanol–water partition coefficient (Wildman–Crippen LogP) is 5.80. The van der Waals surface area contributed by atoms with Crippen molar-refractivity contribution in [1.82, 2.24) is 13.9 Å². The van der Waals surface area contributed by atoms with Crippen LogP contribution in [0.5, 0.6) is 5.75 Å². The summed E-state index contributed by atoms with van der Waals surface area (Å²) in [6.45, 7) is 5.38. The van der Waals surface area contributed by atoms with Crippen LogP contribution >= 0.6 is 23.4 Å². The largest absolute Gasteiger partial charge is 0.548 e. The van der Waals surface area contributed by atoms with Crippen LogP contribution in [0.4, 0.5) is 13.2 Å². The van der Waals surface area contributed by atoms with Crippen LogP contribution in [-0.2, 0) is 26.0 Å². The molecule has 0 fully saturated rings. The molecule has 0 aliphatic rings. The van der Waals surface area contributed by atoms with E-state index in [9.17, 15) is 22.7 Å². The molecule has 0 amide bonds. The molecule has 0 spiro atoms. The van der Waals surface area contributed by atoms with E-state index in [1.54, 1.807) is 35.0 Å². The van der Waals surface area contributed by atoms with Gasteiger partial charge >= 0.3 is 0 Å². The van der Waals surface area contributed by atoms with Gasteiger partial charge in [-0.3, -0.25) is 4.57 Å². The van der Waals surface area contributed by atoms with Crippen LogP contribution in [0, 0.1) is 17.5 Å². The van der Waals surface area contributed by atoms with E-state index >= 15 is 8.78 Å². The zero-order chi connectivity index (χ0) is 37.2. The molecule has 50 heavy (non-hydrogen) atoms. The number of aliphatic carboxylic acids is 1. The number of hydrogen-bond acceptors (Lipinski definition) is 7. The fourth-order valence-electron chi connectivity index (χ4n) is 5.39. The summed E-state index contributed by atoms with van der Waals surface area (Å²) in [7, 11) is 2.56. The number of carbonyl (C=O) groups is 1. The van der Waals surface area contributed by atoms with Gasteiger partial charge in [0.25, 0.3) is 0 Å². The Morgan fingerprint density at radius 3 is 2.26 bits per heavy atom. The SMILES string of the molecule is COc1cc(C(C)(C)c2cnc(SCc3c(F)cc(S(=O)(=O)N(CCC[N+](C)(C)C)[C@H](C)C(=O)[O-])cc3F)n2-c2ccc(F)cc2)ccc1Cl. The summed E-state index contributed by atoms with van der Waals surface area (Å²) in [4.78, 5) is 15.6. The van der Waals surface area contributed by atoms with Crippen LogP contribution < -0.4 is 9.84 Å². The van der Waals surface area contributed by atoms with Crippen molar-refractivity contribution in [1.29, 1.82) is 0 Å². The normalized spacial score (nSPS) is 13.1. The molecule has 1 atom stereocenters. The highest BCUT2D eigenvalue weighted by atomic mass is 35.5. The molecule has 0 saturated heterocycles. The summed E-state index contributed by atoms with van der Waals surface area (Å²) in [5, 5.41) is 12.5. The Balaban J connectivity index is 1.70. The van der Waals surface area contributed by atoms with Gasteiger partial charge < -0.3 is 19.1 Å². The number of nitrogens with zero attached hydrogens (tertiary/aromatic N) is 4. The molecule has 0 saturated carbocycles. The van der Waals surface area contributed by atoms with Crippen LogP contribution in [0.3, 0.4) is 0 Å². The maximum Gasteiger partial charge on any atom is 0.243 e. The lowest BCUT2D eigenvalue weighted by molar-refractivity contribution is -0.870. The monoisotopic (exact) mass is 752 g/mol. The zero-order valence-electron chi connectivity index (χ0n) is 28.8. The van der Waals surface area contributed by atoms with Crippen LogP contribution in [-0.4, -0.2) is 80.1 Å². The second kappa shape index (κ2) is 15.4. The van der Waals surface area contributed by atoms with Crippen molar-refractivity contribution in [2.24, 2.45) is 0 Å². The molecule has 4 aromatic rings. The number of rotatable bonds is 15. The van der Waals surface area contributed by atoms with Gasteiger partial charge in [0.15, 0.2) is 5.16 Å². The van der Waals surface area contributed by atoms with Crippen molar-refractivity contribution >= 4 is 39.4 Å². The Morgan fingerprint density at radius 1 is 1.08 bits per heavy atom. The maximum absolute atomic E-state index is 15.6. The first-order valence-corrected chi connectivity index (χ1v) is 18.4. The molecule has 1 aromatic heterocycles. The van der Waals surface area contributed by atoms with E-state index in [-0.39, 0.29) is 12.3 Å². The first-order valence-electron chi connectivity index (χ1n) is 15.6.